The molecule has 7 nitrogen and oxygen atoms in total. The van der Waals surface area contributed by atoms with E-state index in [1.54, 1.807) is 7.11 Å². The van der Waals surface area contributed by atoms with Crippen molar-refractivity contribution in [3.63, 3.8) is 0 Å². The van der Waals surface area contributed by atoms with Crippen LogP contribution < -0.4 is 25.3 Å². The molecule has 1 atom stereocenters. The van der Waals surface area contributed by atoms with Gasteiger partial charge in [0.25, 0.3) is 0 Å². The lowest BCUT2D eigenvalue weighted by molar-refractivity contribution is 0.245. The predicted octanol–water partition coefficient (Wildman–Crippen LogP) is 4.67. The first kappa shape index (κ1) is 26.1. The van der Waals surface area contributed by atoms with E-state index in [0.717, 1.165) is 35.8 Å². The fourth-order valence-corrected chi connectivity index (χ4v) is 3.91. The molecule has 0 aromatic heterocycles. The zero-order valence-electron chi connectivity index (χ0n) is 19.2. The molecule has 0 aliphatic carbocycles. The minimum atomic E-state index is 0. The van der Waals surface area contributed by atoms with Crippen molar-refractivity contribution in [1.82, 2.24) is 4.90 Å². The summed E-state index contributed by atoms with van der Waals surface area (Å²) in [4.78, 5) is 7.14. The number of likely N-dealkylation sites (tertiary alicyclic amines) is 1. The van der Waals surface area contributed by atoms with Crippen molar-refractivity contribution in [1.29, 1.82) is 0 Å². The zero-order chi connectivity index (χ0) is 22.1. The molecule has 1 saturated heterocycles. The first-order valence-corrected chi connectivity index (χ1v) is 11.0. The van der Waals surface area contributed by atoms with Crippen molar-refractivity contribution in [2.45, 2.75) is 32.7 Å². The van der Waals surface area contributed by atoms with Crippen LogP contribution >= 0.6 is 24.0 Å². The summed E-state index contributed by atoms with van der Waals surface area (Å²) in [5, 5.41) is 3.19. The highest BCUT2D eigenvalue weighted by molar-refractivity contribution is 14.0. The quantitative estimate of drug-likeness (QED) is 0.252. The molecule has 1 aliphatic rings. The zero-order valence-corrected chi connectivity index (χ0v) is 21.5. The largest absolute Gasteiger partial charge is 0.496 e. The summed E-state index contributed by atoms with van der Waals surface area (Å²) in [5.74, 6) is 2.69. The van der Waals surface area contributed by atoms with Crippen LogP contribution in [0.5, 0.6) is 17.2 Å². The molecule has 8 heteroatoms. The maximum Gasteiger partial charge on any atom is 0.193 e. The average Bonchev–Trinajstić information content (AvgIpc) is 3.31. The van der Waals surface area contributed by atoms with E-state index in [1.165, 1.54) is 12.8 Å². The molecule has 0 saturated carbocycles. The van der Waals surface area contributed by atoms with Gasteiger partial charge in [0.15, 0.2) is 5.96 Å². The van der Waals surface area contributed by atoms with Crippen molar-refractivity contribution < 1.29 is 14.2 Å². The maximum absolute atomic E-state index is 6.28. The van der Waals surface area contributed by atoms with E-state index in [1.807, 2.05) is 50.2 Å². The number of guanidine groups is 1. The first-order valence-electron chi connectivity index (χ1n) is 11.0. The number of nitrogens with one attached hydrogen (secondary N) is 1. The van der Waals surface area contributed by atoms with Crippen LogP contribution in [0.4, 0.5) is 5.69 Å². The Morgan fingerprint density at radius 1 is 1.06 bits per heavy atom. The van der Waals surface area contributed by atoms with Crippen molar-refractivity contribution in [3.05, 3.63) is 48.0 Å². The molecular weight excluding hydrogens is 519 g/mol. The molecule has 0 radical (unpaired) electrons. The van der Waals surface area contributed by atoms with E-state index in [0.29, 0.717) is 31.5 Å². The highest BCUT2D eigenvalue weighted by Crippen LogP contribution is 2.32. The minimum absolute atomic E-state index is 0. The van der Waals surface area contributed by atoms with Gasteiger partial charge in [-0.05, 0) is 58.0 Å². The van der Waals surface area contributed by atoms with Gasteiger partial charge in [0.1, 0.15) is 17.2 Å². The maximum atomic E-state index is 6.28. The third kappa shape index (κ3) is 6.90. The molecule has 176 valence electrons. The Morgan fingerprint density at radius 2 is 1.78 bits per heavy atom. The Kier molecular flexibility index (Phi) is 10.9. The third-order valence-corrected chi connectivity index (χ3v) is 5.34. The molecular formula is C24H35IN4O3. The van der Waals surface area contributed by atoms with Gasteiger partial charge in [0.2, 0.25) is 0 Å². The van der Waals surface area contributed by atoms with Crippen LogP contribution in [0, 0.1) is 0 Å². The second kappa shape index (κ2) is 13.4. The van der Waals surface area contributed by atoms with Crippen LogP contribution in [0.25, 0.3) is 0 Å². The van der Waals surface area contributed by atoms with Gasteiger partial charge in [0, 0.05) is 11.6 Å². The predicted molar refractivity (Wildman–Crippen MR) is 141 cm³/mol. The number of nitrogens with two attached hydrogens (primary N) is 1. The van der Waals surface area contributed by atoms with Gasteiger partial charge >= 0.3 is 0 Å². The van der Waals surface area contributed by atoms with Gasteiger partial charge < -0.3 is 25.3 Å². The van der Waals surface area contributed by atoms with Crippen LogP contribution in [-0.4, -0.2) is 50.8 Å². The normalized spacial score (nSPS) is 15.0. The molecule has 32 heavy (non-hydrogen) atoms. The topological polar surface area (TPSA) is 81.3 Å². The molecule has 1 fully saturated rings. The van der Waals surface area contributed by atoms with E-state index >= 15 is 0 Å². The first-order chi connectivity index (χ1) is 15.2. The number of halogens is 1. The monoisotopic (exact) mass is 554 g/mol. The lowest BCUT2D eigenvalue weighted by Gasteiger charge is -2.28. The van der Waals surface area contributed by atoms with Crippen LogP contribution in [-0.2, 0) is 0 Å². The molecule has 0 amide bonds. The Bertz CT molecular complexity index is 872. The molecule has 2 aromatic rings. The number of methoxy groups -OCH3 is 1. The molecule has 1 heterocycles. The number of nitrogens with zero attached hydrogens (tertiary/aromatic N) is 2. The van der Waals surface area contributed by atoms with E-state index in [9.17, 15) is 0 Å². The van der Waals surface area contributed by atoms with Gasteiger partial charge in [-0.25, -0.2) is 0 Å². The Labute approximate surface area is 208 Å². The Balaban J connectivity index is 0.00000363. The number of hydrogen-bond acceptors (Lipinski definition) is 5. The summed E-state index contributed by atoms with van der Waals surface area (Å²) in [5.41, 5.74) is 8.16. The summed E-state index contributed by atoms with van der Waals surface area (Å²) >= 11 is 0. The van der Waals surface area contributed by atoms with E-state index in [2.05, 4.69) is 21.3 Å². The van der Waals surface area contributed by atoms with E-state index in [4.69, 9.17) is 19.9 Å². The van der Waals surface area contributed by atoms with Crippen LogP contribution in [0.3, 0.4) is 0 Å². The average molecular weight is 554 g/mol. The van der Waals surface area contributed by atoms with Crippen molar-refractivity contribution in [2.75, 3.05) is 45.3 Å². The fourth-order valence-electron chi connectivity index (χ4n) is 3.91. The number of hydrogen-bond donors (Lipinski definition) is 2. The standard InChI is InChI=1S/C24H34N4O3.HI/c1-4-30-18-12-13-23(31-5-2)20(16-18)27-24(25)26-17-21(28-14-8-9-15-28)19-10-6-7-11-22(19)29-3;/h6-7,10-13,16,21H,4-5,8-9,14-15,17H2,1-3H3,(H3,25,26,27);1H. The van der Waals surface area contributed by atoms with E-state index < -0.39 is 0 Å². The Morgan fingerprint density at radius 3 is 2.47 bits per heavy atom. The third-order valence-electron chi connectivity index (χ3n) is 5.34. The summed E-state index contributed by atoms with van der Waals surface area (Å²) < 4.78 is 17.0. The highest BCUT2D eigenvalue weighted by Gasteiger charge is 2.25. The summed E-state index contributed by atoms with van der Waals surface area (Å²) in [6, 6.07) is 13.9. The fraction of sp³-hybridized carbons (Fsp3) is 0.458. The molecule has 3 rings (SSSR count). The summed E-state index contributed by atoms with van der Waals surface area (Å²) in [6.07, 6.45) is 2.40. The number of anilines is 1. The number of aliphatic imine (C=N–C) groups is 1. The lowest BCUT2D eigenvalue weighted by Crippen LogP contribution is -2.30. The number of benzene rings is 2. The van der Waals surface area contributed by atoms with Gasteiger partial charge in [-0.2, -0.15) is 0 Å². The number of rotatable bonds is 10. The van der Waals surface area contributed by atoms with Gasteiger partial charge in [-0.1, -0.05) is 18.2 Å². The summed E-state index contributed by atoms with van der Waals surface area (Å²) in [6.45, 7) is 7.69. The lowest BCUT2D eigenvalue weighted by atomic mass is 10.0. The molecule has 0 spiro atoms. The van der Waals surface area contributed by atoms with Gasteiger partial charge in [-0.15, -0.1) is 24.0 Å². The molecule has 3 N–H and O–H groups in total. The minimum Gasteiger partial charge on any atom is -0.496 e. The molecule has 0 bridgehead atoms. The van der Waals surface area contributed by atoms with Crippen LogP contribution in [0.15, 0.2) is 47.5 Å². The van der Waals surface area contributed by atoms with Crippen molar-refractivity contribution in [3.8, 4) is 17.2 Å². The molecule has 2 aromatic carbocycles. The van der Waals surface area contributed by atoms with Crippen LogP contribution in [0.2, 0.25) is 0 Å². The Hall–Kier alpha value is -2.20. The second-order valence-electron chi connectivity index (χ2n) is 7.38. The smallest absolute Gasteiger partial charge is 0.193 e. The van der Waals surface area contributed by atoms with Gasteiger partial charge in [-0.3, -0.25) is 9.89 Å². The molecule has 1 aliphatic heterocycles. The van der Waals surface area contributed by atoms with Gasteiger partial charge in [0.05, 0.1) is 38.6 Å². The van der Waals surface area contributed by atoms with E-state index in [-0.39, 0.29) is 30.0 Å². The van der Waals surface area contributed by atoms with Crippen molar-refractivity contribution in [2.24, 2.45) is 10.7 Å². The second-order valence-corrected chi connectivity index (χ2v) is 7.38. The number of ether oxygens (including phenoxy) is 3. The van der Waals surface area contributed by atoms with Crippen LogP contribution in [0.1, 0.15) is 38.3 Å². The number of para-hydroxylation sites is 1. The summed E-state index contributed by atoms with van der Waals surface area (Å²) in [7, 11) is 1.71. The SMILES string of the molecule is CCOc1ccc(OCC)c(NC(N)=NCC(c2ccccc2OC)N2CCCC2)c1.I. The molecule has 1 unspecified atom stereocenters. The van der Waals surface area contributed by atoms with Crippen molar-refractivity contribution >= 4 is 35.6 Å². The highest BCUT2D eigenvalue weighted by atomic mass is 127.